The first-order valence-electron chi connectivity index (χ1n) is 6.15. The first kappa shape index (κ1) is 11.5. The maximum atomic E-state index is 13.2. The predicted molar refractivity (Wildman–Crippen MR) is 65.1 cm³/mol. The Morgan fingerprint density at radius 2 is 2.11 bits per heavy atom. The normalized spacial score (nSPS) is 22.3. The minimum Gasteiger partial charge on any atom is -0.441 e. The number of ether oxygens (including phenoxy) is 1. The summed E-state index contributed by atoms with van der Waals surface area (Å²) in [5.74, 6) is -0.341. The van der Waals surface area contributed by atoms with Gasteiger partial charge in [-0.3, -0.25) is 4.90 Å². The molecule has 1 aromatic carbocycles. The van der Waals surface area contributed by atoms with Crippen molar-refractivity contribution in [2.45, 2.75) is 18.4 Å². The molecule has 2 saturated heterocycles. The summed E-state index contributed by atoms with van der Waals surface area (Å²) in [4.78, 5) is 13.4. The van der Waals surface area contributed by atoms with E-state index in [0.717, 1.165) is 25.9 Å². The third kappa shape index (κ3) is 1.95. The van der Waals surface area contributed by atoms with E-state index in [4.69, 9.17) is 4.74 Å². The molecule has 1 aromatic rings. The van der Waals surface area contributed by atoms with E-state index in [-0.39, 0.29) is 11.9 Å². The van der Waals surface area contributed by atoms with Crippen LogP contribution < -0.4 is 10.2 Å². The summed E-state index contributed by atoms with van der Waals surface area (Å²) in [7, 11) is 0. The van der Waals surface area contributed by atoms with Crippen molar-refractivity contribution >= 4 is 11.8 Å². The van der Waals surface area contributed by atoms with Crippen molar-refractivity contribution in [1.82, 2.24) is 5.32 Å². The Bertz CT molecular complexity index is 472. The number of rotatable bonds is 1. The minimum atomic E-state index is -0.394. The molecule has 5 heteroatoms. The second-order valence-electron chi connectivity index (χ2n) is 4.87. The SMILES string of the molecule is O=C1OC2(CCNCC2)CN1c1cccc(F)c1. The van der Waals surface area contributed by atoms with Crippen LogP contribution in [0.2, 0.25) is 0 Å². The van der Waals surface area contributed by atoms with Crippen molar-refractivity contribution in [1.29, 1.82) is 0 Å². The Balaban J connectivity index is 1.84. The summed E-state index contributed by atoms with van der Waals surface area (Å²) in [6, 6.07) is 6.06. The Labute approximate surface area is 105 Å². The molecule has 0 saturated carbocycles. The van der Waals surface area contributed by atoms with Gasteiger partial charge in [0.1, 0.15) is 11.4 Å². The molecule has 4 nitrogen and oxygen atoms in total. The van der Waals surface area contributed by atoms with Crippen LogP contribution in [0, 0.1) is 5.82 Å². The molecule has 2 fully saturated rings. The highest BCUT2D eigenvalue weighted by Gasteiger charge is 2.46. The van der Waals surface area contributed by atoms with Crippen LogP contribution in [0.4, 0.5) is 14.9 Å². The smallest absolute Gasteiger partial charge is 0.415 e. The van der Waals surface area contributed by atoms with Crippen molar-refractivity contribution in [3.63, 3.8) is 0 Å². The molecule has 0 aliphatic carbocycles. The van der Waals surface area contributed by atoms with Gasteiger partial charge >= 0.3 is 6.09 Å². The molecule has 1 spiro atoms. The molecule has 18 heavy (non-hydrogen) atoms. The molecule has 2 aliphatic heterocycles. The van der Waals surface area contributed by atoms with E-state index in [1.54, 1.807) is 12.1 Å². The molecule has 0 atom stereocenters. The van der Waals surface area contributed by atoms with Gasteiger partial charge in [0.2, 0.25) is 0 Å². The number of nitrogens with one attached hydrogen (secondary N) is 1. The van der Waals surface area contributed by atoms with Crippen LogP contribution >= 0.6 is 0 Å². The first-order chi connectivity index (χ1) is 8.69. The third-order valence-electron chi connectivity index (χ3n) is 3.61. The summed E-state index contributed by atoms with van der Waals surface area (Å²) in [6.07, 6.45) is 1.25. The number of nitrogens with zero attached hydrogens (tertiary/aromatic N) is 1. The van der Waals surface area contributed by atoms with Gasteiger partial charge < -0.3 is 10.1 Å². The highest BCUT2D eigenvalue weighted by Crippen LogP contribution is 2.34. The fraction of sp³-hybridized carbons (Fsp3) is 0.462. The third-order valence-corrected chi connectivity index (χ3v) is 3.61. The van der Waals surface area contributed by atoms with E-state index >= 15 is 0 Å². The average molecular weight is 250 g/mol. The largest absolute Gasteiger partial charge is 0.441 e. The quantitative estimate of drug-likeness (QED) is 0.827. The summed E-state index contributed by atoms with van der Waals surface area (Å²) in [5, 5.41) is 3.24. The van der Waals surface area contributed by atoms with Crippen LogP contribution in [-0.2, 0) is 4.74 Å². The van der Waals surface area contributed by atoms with E-state index in [1.165, 1.54) is 17.0 Å². The van der Waals surface area contributed by atoms with Gasteiger partial charge in [-0.2, -0.15) is 0 Å². The summed E-state index contributed by atoms with van der Waals surface area (Å²) >= 11 is 0. The molecule has 0 aromatic heterocycles. The molecule has 2 aliphatic rings. The van der Waals surface area contributed by atoms with Crippen molar-refractivity contribution < 1.29 is 13.9 Å². The number of amides is 1. The lowest BCUT2D eigenvalue weighted by Crippen LogP contribution is -2.44. The van der Waals surface area contributed by atoms with Crippen molar-refractivity contribution in [2.75, 3.05) is 24.5 Å². The number of anilines is 1. The Hall–Kier alpha value is -1.62. The standard InChI is InChI=1S/C13H15FN2O2/c14-10-2-1-3-11(8-10)16-9-13(18-12(16)17)4-6-15-7-5-13/h1-3,8,15H,4-7,9H2. The van der Waals surface area contributed by atoms with Gasteiger partial charge in [-0.25, -0.2) is 9.18 Å². The zero-order chi connectivity index (χ0) is 12.6. The van der Waals surface area contributed by atoms with Crippen molar-refractivity contribution in [2.24, 2.45) is 0 Å². The van der Waals surface area contributed by atoms with Gasteiger partial charge in [0.05, 0.1) is 12.2 Å². The van der Waals surface area contributed by atoms with Gasteiger partial charge in [-0.1, -0.05) is 6.07 Å². The second kappa shape index (κ2) is 4.24. The highest BCUT2D eigenvalue weighted by atomic mass is 19.1. The van der Waals surface area contributed by atoms with Crippen LogP contribution in [0.3, 0.4) is 0 Å². The van der Waals surface area contributed by atoms with Crippen molar-refractivity contribution in [3.8, 4) is 0 Å². The molecule has 0 bridgehead atoms. The van der Waals surface area contributed by atoms with Crippen LogP contribution in [-0.4, -0.2) is 31.3 Å². The number of piperidine rings is 1. The number of carbonyl (C=O) groups excluding carboxylic acids is 1. The topological polar surface area (TPSA) is 41.6 Å². The molecular formula is C13H15FN2O2. The zero-order valence-electron chi connectivity index (χ0n) is 9.99. The second-order valence-corrected chi connectivity index (χ2v) is 4.87. The lowest BCUT2D eigenvalue weighted by molar-refractivity contribution is 0.0316. The monoisotopic (exact) mass is 250 g/mol. The molecule has 0 unspecified atom stereocenters. The van der Waals surface area contributed by atoms with Gasteiger partial charge in [-0.05, 0) is 31.3 Å². The van der Waals surface area contributed by atoms with E-state index in [0.29, 0.717) is 12.2 Å². The Morgan fingerprint density at radius 3 is 2.83 bits per heavy atom. The predicted octanol–water partition coefficient (Wildman–Crippen LogP) is 1.90. The Kier molecular flexibility index (Phi) is 2.70. The zero-order valence-corrected chi connectivity index (χ0v) is 9.99. The van der Waals surface area contributed by atoms with E-state index in [9.17, 15) is 9.18 Å². The number of halogens is 1. The fourth-order valence-electron chi connectivity index (χ4n) is 2.61. The van der Waals surface area contributed by atoms with Crippen LogP contribution in [0.1, 0.15) is 12.8 Å². The van der Waals surface area contributed by atoms with Gasteiger partial charge in [-0.15, -0.1) is 0 Å². The number of benzene rings is 1. The minimum absolute atomic E-state index is 0.341. The van der Waals surface area contributed by atoms with Gasteiger partial charge in [0.25, 0.3) is 0 Å². The molecule has 0 radical (unpaired) electrons. The Morgan fingerprint density at radius 1 is 1.33 bits per heavy atom. The number of carbonyl (C=O) groups is 1. The number of hydrogen-bond donors (Lipinski definition) is 1. The maximum Gasteiger partial charge on any atom is 0.415 e. The molecule has 96 valence electrons. The number of hydrogen-bond acceptors (Lipinski definition) is 3. The highest BCUT2D eigenvalue weighted by molar-refractivity contribution is 5.90. The van der Waals surface area contributed by atoms with E-state index < -0.39 is 5.60 Å². The van der Waals surface area contributed by atoms with Crippen LogP contribution in [0.25, 0.3) is 0 Å². The van der Waals surface area contributed by atoms with Crippen LogP contribution in [0.5, 0.6) is 0 Å². The summed E-state index contributed by atoms with van der Waals surface area (Å²) in [5.41, 5.74) is 0.171. The average Bonchev–Trinajstić information content (AvgIpc) is 2.67. The van der Waals surface area contributed by atoms with Crippen LogP contribution in [0.15, 0.2) is 24.3 Å². The first-order valence-corrected chi connectivity index (χ1v) is 6.15. The lowest BCUT2D eigenvalue weighted by atomic mass is 9.92. The van der Waals surface area contributed by atoms with Gasteiger partial charge in [0, 0.05) is 12.8 Å². The van der Waals surface area contributed by atoms with E-state index in [2.05, 4.69) is 5.32 Å². The molecule has 1 N–H and O–H groups in total. The molecule has 1 amide bonds. The van der Waals surface area contributed by atoms with Gasteiger partial charge in [0.15, 0.2) is 0 Å². The molecule has 2 heterocycles. The molecule has 3 rings (SSSR count). The summed E-state index contributed by atoms with van der Waals surface area (Å²) < 4.78 is 18.7. The summed E-state index contributed by atoms with van der Waals surface area (Å²) in [6.45, 7) is 2.21. The lowest BCUT2D eigenvalue weighted by Gasteiger charge is -2.31. The van der Waals surface area contributed by atoms with Crippen molar-refractivity contribution in [3.05, 3.63) is 30.1 Å². The van der Waals surface area contributed by atoms with E-state index in [1.807, 2.05) is 0 Å². The maximum absolute atomic E-state index is 13.2. The molecular weight excluding hydrogens is 235 g/mol. The fourth-order valence-corrected chi connectivity index (χ4v) is 2.61.